The number of carbonyl (C=O) groups is 1. The van der Waals surface area contributed by atoms with Crippen LogP contribution in [0, 0.1) is 0 Å². The Labute approximate surface area is 127 Å². The molecular formula is C17H26N2O2. The van der Waals surface area contributed by atoms with Crippen LogP contribution >= 0.6 is 0 Å². The summed E-state index contributed by atoms with van der Waals surface area (Å²) in [5, 5.41) is 2.96. The van der Waals surface area contributed by atoms with E-state index in [-0.39, 0.29) is 18.1 Å². The molecule has 1 heterocycles. The first-order valence-electron chi connectivity index (χ1n) is 7.71. The van der Waals surface area contributed by atoms with E-state index >= 15 is 0 Å². The van der Waals surface area contributed by atoms with Gasteiger partial charge in [-0.3, -0.25) is 9.69 Å². The molecule has 1 aromatic rings. The third-order valence-electron chi connectivity index (χ3n) is 3.72. The maximum absolute atomic E-state index is 12.1. The lowest BCUT2D eigenvalue weighted by molar-refractivity contribution is -0.121. The average molecular weight is 290 g/mol. The number of nitrogens with one attached hydrogen (secondary N) is 1. The van der Waals surface area contributed by atoms with Gasteiger partial charge in [-0.15, -0.1) is 0 Å². The minimum absolute atomic E-state index is 0.0357. The summed E-state index contributed by atoms with van der Waals surface area (Å²) in [5.41, 5.74) is 2.14. The Morgan fingerprint density at radius 3 is 2.33 bits per heavy atom. The number of hydrogen-bond donors (Lipinski definition) is 1. The van der Waals surface area contributed by atoms with Crippen LogP contribution in [0.3, 0.4) is 0 Å². The number of ether oxygens (including phenoxy) is 1. The second-order valence-electron chi connectivity index (χ2n) is 6.28. The van der Waals surface area contributed by atoms with Crippen LogP contribution in [0.25, 0.3) is 0 Å². The largest absolute Gasteiger partial charge is 0.373 e. The van der Waals surface area contributed by atoms with Gasteiger partial charge in [-0.25, -0.2) is 0 Å². The highest BCUT2D eigenvalue weighted by atomic mass is 16.5. The molecule has 2 rings (SSSR count). The fraction of sp³-hybridized carbons (Fsp3) is 0.588. The fourth-order valence-electron chi connectivity index (χ4n) is 2.77. The third-order valence-corrected chi connectivity index (χ3v) is 3.72. The first-order valence-corrected chi connectivity index (χ1v) is 7.71. The van der Waals surface area contributed by atoms with Crippen molar-refractivity contribution in [2.45, 2.75) is 45.8 Å². The predicted octanol–water partition coefficient (Wildman–Crippen LogP) is 2.86. The lowest BCUT2D eigenvalue weighted by Crippen LogP contribution is -2.48. The van der Waals surface area contributed by atoms with Gasteiger partial charge in [0, 0.05) is 18.8 Å². The Hall–Kier alpha value is -1.39. The summed E-state index contributed by atoms with van der Waals surface area (Å²) in [6.07, 6.45) is 0.374. The van der Waals surface area contributed by atoms with Gasteiger partial charge in [-0.05, 0) is 37.5 Å². The van der Waals surface area contributed by atoms with E-state index < -0.39 is 0 Å². The van der Waals surface area contributed by atoms with Crippen LogP contribution in [0.1, 0.15) is 39.2 Å². The molecular weight excluding hydrogens is 264 g/mol. The molecule has 1 saturated heterocycles. The van der Waals surface area contributed by atoms with Gasteiger partial charge in [0.15, 0.2) is 0 Å². The average Bonchev–Trinajstić information content (AvgIpc) is 2.37. The minimum atomic E-state index is 0.0357. The van der Waals surface area contributed by atoms with Crippen LogP contribution in [-0.2, 0) is 9.53 Å². The van der Waals surface area contributed by atoms with Crippen molar-refractivity contribution in [1.29, 1.82) is 0 Å². The number of carbonyl (C=O) groups excluding carboxylic acids is 1. The van der Waals surface area contributed by atoms with E-state index in [2.05, 4.69) is 36.2 Å². The normalized spacial score (nSPS) is 23.3. The van der Waals surface area contributed by atoms with Crippen molar-refractivity contribution in [3.05, 3.63) is 29.8 Å². The van der Waals surface area contributed by atoms with Crippen LogP contribution in [0.15, 0.2) is 24.3 Å². The van der Waals surface area contributed by atoms with Gasteiger partial charge in [-0.2, -0.15) is 0 Å². The Morgan fingerprint density at radius 1 is 1.24 bits per heavy atom. The molecule has 1 aromatic carbocycles. The van der Waals surface area contributed by atoms with E-state index in [0.29, 0.717) is 12.5 Å². The zero-order valence-corrected chi connectivity index (χ0v) is 13.4. The number of amides is 1. The second kappa shape index (κ2) is 7.05. The summed E-state index contributed by atoms with van der Waals surface area (Å²) in [7, 11) is 0. The zero-order valence-electron chi connectivity index (χ0n) is 13.4. The number of rotatable bonds is 4. The second-order valence-corrected chi connectivity index (χ2v) is 6.28. The highest BCUT2D eigenvalue weighted by Crippen LogP contribution is 2.17. The number of benzene rings is 1. The molecule has 0 saturated carbocycles. The molecule has 1 N–H and O–H groups in total. The molecule has 4 nitrogen and oxygen atoms in total. The lowest BCUT2D eigenvalue weighted by atomic mass is 10.0. The molecule has 1 aliphatic heterocycles. The van der Waals surface area contributed by atoms with Gasteiger partial charge in [0.05, 0.1) is 18.8 Å². The topological polar surface area (TPSA) is 41.6 Å². The van der Waals surface area contributed by atoms with Gasteiger partial charge in [0.2, 0.25) is 5.91 Å². The first-order chi connectivity index (χ1) is 9.94. The van der Waals surface area contributed by atoms with Crippen molar-refractivity contribution in [1.82, 2.24) is 4.90 Å². The quantitative estimate of drug-likeness (QED) is 0.927. The number of morpholine rings is 1. The van der Waals surface area contributed by atoms with E-state index in [1.165, 1.54) is 5.56 Å². The summed E-state index contributed by atoms with van der Waals surface area (Å²) in [5.74, 6) is 0.541. The van der Waals surface area contributed by atoms with Gasteiger partial charge < -0.3 is 10.1 Å². The maximum atomic E-state index is 12.1. The maximum Gasteiger partial charge on any atom is 0.238 e. The van der Waals surface area contributed by atoms with Crippen LogP contribution in [0.5, 0.6) is 0 Å². The number of anilines is 1. The van der Waals surface area contributed by atoms with E-state index in [1.54, 1.807) is 0 Å². The summed E-state index contributed by atoms with van der Waals surface area (Å²) in [6.45, 7) is 10.5. The summed E-state index contributed by atoms with van der Waals surface area (Å²) >= 11 is 0. The molecule has 1 amide bonds. The van der Waals surface area contributed by atoms with Gasteiger partial charge >= 0.3 is 0 Å². The van der Waals surface area contributed by atoms with Gasteiger partial charge in [0.1, 0.15) is 0 Å². The van der Waals surface area contributed by atoms with Crippen molar-refractivity contribution >= 4 is 11.6 Å². The molecule has 0 bridgehead atoms. The molecule has 0 aromatic heterocycles. The van der Waals surface area contributed by atoms with E-state index in [4.69, 9.17) is 4.74 Å². The monoisotopic (exact) mass is 290 g/mol. The van der Waals surface area contributed by atoms with E-state index in [1.807, 2.05) is 26.0 Å². The fourth-order valence-corrected chi connectivity index (χ4v) is 2.77. The van der Waals surface area contributed by atoms with Crippen LogP contribution in [0.2, 0.25) is 0 Å². The number of nitrogens with zero attached hydrogens (tertiary/aromatic N) is 1. The standard InChI is InChI=1S/C17H26N2O2/c1-12(2)15-5-7-16(8-6-15)18-17(20)11-19-9-13(3)21-14(4)10-19/h5-8,12-14H,9-11H2,1-4H3,(H,18,20)/t13-,14-/m1/s1. The molecule has 0 unspecified atom stereocenters. The predicted molar refractivity (Wildman–Crippen MR) is 85.6 cm³/mol. The Balaban J connectivity index is 1.86. The van der Waals surface area contributed by atoms with Crippen LogP contribution in [-0.4, -0.2) is 42.6 Å². The lowest BCUT2D eigenvalue weighted by Gasteiger charge is -2.34. The Kier molecular flexibility index (Phi) is 5.37. The minimum Gasteiger partial charge on any atom is -0.373 e. The molecule has 1 fully saturated rings. The van der Waals surface area contributed by atoms with Crippen LogP contribution < -0.4 is 5.32 Å². The highest BCUT2D eigenvalue weighted by Gasteiger charge is 2.23. The third kappa shape index (κ3) is 4.83. The summed E-state index contributed by atoms with van der Waals surface area (Å²) in [4.78, 5) is 14.3. The van der Waals surface area contributed by atoms with E-state index in [0.717, 1.165) is 18.8 Å². The molecule has 1 aliphatic rings. The molecule has 2 atom stereocenters. The van der Waals surface area contributed by atoms with Gasteiger partial charge in [0.25, 0.3) is 0 Å². The first kappa shape index (κ1) is 16.0. The van der Waals surface area contributed by atoms with Gasteiger partial charge in [-0.1, -0.05) is 26.0 Å². The molecule has 0 radical (unpaired) electrons. The molecule has 116 valence electrons. The molecule has 0 spiro atoms. The van der Waals surface area contributed by atoms with Crippen molar-refractivity contribution in [3.63, 3.8) is 0 Å². The molecule has 21 heavy (non-hydrogen) atoms. The smallest absolute Gasteiger partial charge is 0.238 e. The van der Waals surface area contributed by atoms with Crippen molar-refractivity contribution < 1.29 is 9.53 Å². The van der Waals surface area contributed by atoms with Crippen molar-refractivity contribution in [3.8, 4) is 0 Å². The molecule has 4 heteroatoms. The SMILES string of the molecule is CC(C)c1ccc(NC(=O)CN2C[C@@H](C)O[C@H](C)C2)cc1. The van der Waals surface area contributed by atoms with E-state index in [9.17, 15) is 4.79 Å². The zero-order chi connectivity index (χ0) is 15.4. The Morgan fingerprint density at radius 2 is 1.81 bits per heavy atom. The Bertz CT molecular complexity index is 460. The highest BCUT2D eigenvalue weighted by molar-refractivity contribution is 5.92. The molecule has 0 aliphatic carbocycles. The van der Waals surface area contributed by atoms with Crippen molar-refractivity contribution in [2.75, 3.05) is 25.0 Å². The number of hydrogen-bond acceptors (Lipinski definition) is 3. The summed E-state index contributed by atoms with van der Waals surface area (Å²) < 4.78 is 5.68. The van der Waals surface area contributed by atoms with Crippen LogP contribution in [0.4, 0.5) is 5.69 Å². The van der Waals surface area contributed by atoms with Crippen molar-refractivity contribution in [2.24, 2.45) is 0 Å². The summed E-state index contributed by atoms with van der Waals surface area (Å²) in [6, 6.07) is 8.08.